The van der Waals surface area contributed by atoms with Gasteiger partial charge in [-0.1, -0.05) is 13.3 Å². The molecular formula is C56H112N14O5. The Morgan fingerprint density at radius 1 is 0.400 bits per heavy atom. The maximum Gasteiger partial charge on any atom is 0.323 e. The highest BCUT2D eigenvalue weighted by Crippen LogP contribution is 2.40. The van der Waals surface area contributed by atoms with Crippen LogP contribution < -0.4 is 60.4 Å². The molecule has 14 N–H and O–H groups in total. The fourth-order valence-corrected chi connectivity index (χ4v) is 15.2. The minimum absolute atomic E-state index is 0.0178. The summed E-state index contributed by atoms with van der Waals surface area (Å²) in [6, 6.07) is 0.923. The third kappa shape index (κ3) is 20.6. The highest BCUT2D eigenvalue weighted by atomic mass is 16.2. The molecule has 5 fully saturated rings. The van der Waals surface area contributed by atoms with Crippen molar-refractivity contribution < 1.29 is 24.0 Å². The minimum Gasteiger partial charge on any atom is -0.331 e. The number of nitrogens with one attached hydrogen (secondary N) is 8. The van der Waals surface area contributed by atoms with Crippen LogP contribution in [0.1, 0.15) is 229 Å². The Kier molecular flexibility index (Phi) is 21.7. The summed E-state index contributed by atoms with van der Waals surface area (Å²) in [7, 11) is 0. The molecule has 19 heteroatoms. The van der Waals surface area contributed by atoms with E-state index in [0.717, 1.165) is 83.6 Å². The maximum atomic E-state index is 13.1. The monoisotopic (exact) mass is 1060 g/mol. The van der Waals surface area contributed by atoms with Gasteiger partial charge >= 0.3 is 23.6 Å². The Balaban J connectivity index is 0.000000299. The maximum absolute atomic E-state index is 13.1. The van der Waals surface area contributed by atoms with Crippen LogP contribution in [-0.4, -0.2) is 143 Å². The zero-order chi connectivity index (χ0) is 57.8. The smallest absolute Gasteiger partial charge is 0.323 e. The highest BCUT2D eigenvalue weighted by molar-refractivity contribution is 6.35. The topological polar surface area (TPSA) is 269 Å². The molecule has 0 unspecified atom stereocenters. The van der Waals surface area contributed by atoms with Crippen LogP contribution in [-0.2, 0) is 24.0 Å². The van der Waals surface area contributed by atoms with Crippen molar-refractivity contribution in [3.05, 3.63) is 0 Å². The van der Waals surface area contributed by atoms with E-state index in [2.05, 4.69) is 182 Å². The van der Waals surface area contributed by atoms with Gasteiger partial charge in [0, 0.05) is 105 Å². The van der Waals surface area contributed by atoms with Gasteiger partial charge in [0.15, 0.2) is 0 Å². The number of piperidine rings is 5. The Bertz CT molecular complexity index is 1810. The molecule has 5 rings (SSSR count). The van der Waals surface area contributed by atoms with Crippen LogP contribution in [0.3, 0.4) is 0 Å². The lowest BCUT2D eigenvalue weighted by molar-refractivity contribution is -0.152. The van der Waals surface area contributed by atoms with Gasteiger partial charge in [-0.15, -0.1) is 0 Å². The van der Waals surface area contributed by atoms with Crippen molar-refractivity contribution in [2.75, 3.05) is 13.1 Å². The number of amides is 5. The normalized spacial score (nSPS) is 25.5. The van der Waals surface area contributed by atoms with Crippen LogP contribution in [0.25, 0.3) is 0 Å². The molecule has 5 amide bonds. The number of unbranched alkanes of at least 4 members (excludes halogenated alkanes) is 1. The van der Waals surface area contributed by atoms with Crippen molar-refractivity contribution in [1.82, 2.24) is 57.6 Å². The number of nitrogens with zero attached hydrogens (tertiary/aromatic N) is 3. The minimum atomic E-state index is -0.738. The number of hydrogen-bond donors (Lipinski definition) is 11. The molecule has 0 atom stereocenters. The number of nitrogens with two attached hydrogens (primary N) is 3. The Morgan fingerprint density at radius 3 is 0.933 bits per heavy atom. The van der Waals surface area contributed by atoms with E-state index in [1.165, 1.54) is 0 Å². The molecule has 0 aliphatic carbocycles. The summed E-state index contributed by atoms with van der Waals surface area (Å²) in [5, 5.41) is 18.5. The zero-order valence-corrected chi connectivity index (χ0v) is 51.1. The van der Waals surface area contributed by atoms with E-state index in [1.54, 1.807) is 4.90 Å². The van der Waals surface area contributed by atoms with Gasteiger partial charge < -0.3 is 36.4 Å². The van der Waals surface area contributed by atoms with Crippen LogP contribution >= 0.6 is 0 Å². The Morgan fingerprint density at radius 2 is 0.667 bits per heavy atom. The zero-order valence-electron chi connectivity index (χ0n) is 51.1. The summed E-state index contributed by atoms with van der Waals surface area (Å²) >= 11 is 0. The molecule has 5 aliphatic heterocycles. The van der Waals surface area contributed by atoms with Gasteiger partial charge in [-0.3, -0.25) is 45.1 Å². The quantitative estimate of drug-likeness (QED) is 0.0584. The first kappa shape index (κ1) is 66.3. The molecule has 5 heterocycles. The van der Waals surface area contributed by atoms with Gasteiger partial charge in [0.1, 0.15) is 0 Å². The van der Waals surface area contributed by atoms with Crippen LogP contribution in [0.15, 0.2) is 0 Å². The second-order valence-corrected chi connectivity index (χ2v) is 29.8. The SMILES string of the molecule is CC1(C)CC(N(C(=O)C(=O)NN)C2CC(C)(C)NC(C)(C)C2)CC(C)(C)N1.CC1(C)CC(N(CCC(=O)NN)C2CC(C)(C)NC(C)(C)C2)CC(C)(C)N1.CCCCN(C(=O)C(=O)NN)C1CC(C)(C)NC(C)(C)C1. The summed E-state index contributed by atoms with van der Waals surface area (Å²) in [4.78, 5) is 67.4. The molecule has 0 radical (unpaired) electrons. The lowest BCUT2D eigenvalue weighted by Crippen LogP contribution is -2.68. The van der Waals surface area contributed by atoms with E-state index in [-0.39, 0.29) is 79.4 Å². The first-order chi connectivity index (χ1) is 33.8. The molecular weight excluding hydrogens is 949 g/mol. The molecule has 0 spiro atoms. The summed E-state index contributed by atoms with van der Waals surface area (Å²) < 4.78 is 0. The van der Waals surface area contributed by atoms with Crippen molar-refractivity contribution >= 4 is 29.5 Å². The second-order valence-electron chi connectivity index (χ2n) is 29.8. The highest BCUT2D eigenvalue weighted by Gasteiger charge is 2.50. The molecule has 0 saturated carbocycles. The number of carbonyl (C=O) groups excluding carboxylic acids is 5. The number of rotatable bonds is 11. The van der Waals surface area contributed by atoms with Crippen molar-refractivity contribution in [3.63, 3.8) is 0 Å². The molecule has 0 aromatic rings. The van der Waals surface area contributed by atoms with Crippen LogP contribution in [0.2, 0.25) is 0 Å². The van der Waals surface area contributed by atoms with Crippen LogP contribution in [0.5, 0.6) is 0 Å². The van der Waals surface area contributed by atoms with Crippen molar-refractivity contribution in [2.45, 2.75) is 314 Å². The Labute approximate surface area is 454 Å². The van der Waals surface area contributed by atoms with Crippen molar-refractivity contribution in [1.29, 1.82) is 0 Å². The molecule has 5 saturated heterocycles. The predicted octanol–water partition coefficient (Wildman–Crippen LogP) is 4.62. The summed E-state index contributed by atoms with van der Waals surface area (Å²) in [5.41, 5.74) is 5.99. The Hall–Kier alpha value is -3.01. The largest absolute Gasteiger partial charge is 0.331 e. The molecule has 436 valence electrons. The standard InChI is InChI=1S/C21H43N5O.C20H39N5O2.C15H30N4O2/c1-18(2)11-15(12-19(3,4)24-18)26(10-9-17(27)23-22)16-13-20(5,6)25-21(7,8)14-16;1-17(2)9-13(10-18(3,4)23-17)25(16(27)15(26)22-21)14-11-19(5,6)24-20(7,8)12-14;1-6-7-8-19(13(21)12(20)17-16)11-9-14(2,3)18-15(4,5)10-11/h15-16,24-25H,9-14,22H2,1-8H3,(H,23,27);13-14,23-24H,9-12,21H2,1-8H3,(H,22,26);11,18H,6-10,16H2,1-5H3,(H,17,20). The third-order valence-corrected chi connectivity index (χ3v) is 15.7. The van der Waals surface area contributed by atoms with Gasteiger partial charge in [0.2, 0.25) is 5.91 Å². The third-order valence-electron chi connectivity index (χ3n) is 15.7. The fraction of sp³-hybridized carbons (Fsp3) is 0.911. The van der Waals surface area contributed by atoms with Gasteiger partial charge in [-0.05, 0) is 209 Å². The number of carbonyl (C=O) groups is 5. The molecule has 0 aromatic carbocycles. The van der Waals surface area contributed by atoms with Gasteiger partial charge in [0.25, 0.3) is 0 Å². The van der Waals surface area contributed by atoms with E-state index < -0.39 is 23.6 Å². The van der Waals surface area contributed by atoms with E-state index in [4.69, 9.17) is 17.5 Å². The summed E-state index contributed by atoms with van der Waals surface area (Å²) in [5.74, 6) is 13.2. The van der Waals surface area contributed by atoms with Crippen LogP contribution in [0.4, 0.5) is 0 Å². The van der Waals surface area contributed by atoms with Gasteiger partial charge in [-0.2, -0.15) is 0 Å². The number of hydrogen-bond acceptors (Lipinski definition) is 14. The summed E-state index contributed by atoms with van der Waals surface area (Å²) in [6.45, 7) is 47.5. The summed E-state index contributed by atoms with van der Waals surface area (Å²) in [6.07, 6.45) is 11.5. The van der Waals surface area contributed by atoms with Gasteiger partial charge in [0.05, 0.1) is 0 Å². The van der Waals surface area contributed by atoms with Crippen LogP contribution in [0, 0.1) is 0 Å². The van der Waals surface area contributed by atoms with E-state index >= 15 is 0 Å². The molecule has 0 bridgehead atoms. The molecule has 19 nitrogen and oxygen atoms in total. The average Bonchev–Trinajstić information content (AvgIpc) is 3.18. The molecule has 0 aromatic heterocycles. The predicted molar refractivity (Wildman–Crippen MR) is 303 cm³/mol. The average molecular weight is 1060 g/mol. The lowest BCUT2D eigenvalue weighted by Gasteiger charge is -2.55. The van der Waals surface area contributed by atoms with Crippen molar-refractivity contribution in [2.24, 2.45) is 17.5 Å². The van der Waals surface area contributed by atoms with E-state index in [1.807, 2.05) is 15.8 Å². The first-order valence-electron chi connectivity index (χ1n) is 28.2. The number of hydrazine groups is 3. The molecule has 5 aliphatic rings. The van der Waals surface area contributed by atoms with Gasteiger partial charge in [-0.25, -0.2) is 17.5 Å². The first-order valence-corrected chi connectivity index (χ1v) is 28.2. The lowest BCUT2D eigenvalue weighted by atomic mass is 9.75. The van der Waals surface area contributed by atoms with E-state index in [9.17, 15) is 24.0 Å². The van der Waals surface area contributed by atoms with E-state index in [0.29, 0.717) is 25.0 Å². The fourth-order valence-electron chi connectivity index (χ4n) is 15.2. The molecule has 75 heavy (non-hydrogen) atoms. The van der Waals surface area contributed by atoms with Crippen molar-refractivity contribution in [3.8, 4) is 0 Å². The second kappa shape index (κ2) is 24.6.